The summed E-state index contributed by atoms with van der Waals surface area (Å²) in [6.07, 6.45) is 5.38. The average Bonchev–Trinajstić information content (AvgIpc) is 3.05. The number of piperidine rings is 1. The predicted molar refractivity (Wildman–Crippen MR) is 94.4 cm³/mol. The van der Waals surface area contributed by atoms with Crippen molar-refractivity contribution in [2.24, 2.45) is 12.8 Å². The maximum absolute atomic E-state index is 12.2. The lowest BCUT2D eigenvalue weighted by Crippen LogP contribution is -2.47. The molecule has 8 heteroatoms. The first-order valence-corrected chi connectivity index (χ1v) is 8.79. The van der Waals surface area contributed by atoms with Gasteiger partial charge in [-0.15, -0.1) is 11.3 Å². The first-order chi connectivity index (χ1) is 11.5. The van der Waals surface area contributed by atoms with Crippen LogP contribution in [0.5, 0.6) is 0 Å². The highest BCUT2D eigenvalue weighted by atomic mass is 32.1. The second-order valence-electron chi connectivity index (χ2n) is 6.00. The van der Waals surface area contributed by atoms with Crippen LogP contribution in [0.25, 0.3) is 0 Å². The van der Waals surface area contributed by atoms with Crippen LogP contribution in [0.15, 0.2) is 28.6 Å². The predicted octanol–water partition coefficient (Wildman–Crippen LogP) is 0.699. The van der Waals surface area contributed by atoms with E-state index in [9.17, 15) is 9.59 Å². The molecule has 1 unspecified atom stereocenters. The molecular formula is C16H21N5O2S. The summed E-state index contributed by atoms with van der Waals surface area (Å²) in [7, 11) is 1.74. The van der Waals surface area contributed by atoms with Crippen LogP contribution in [-0.4, -0.2) is 34.6 Å². The molecule has 1 saturated heterocycles. The van der Waals surface area contributed by atoms with Crippen LogP contribution in [-0.2, 0) is 13.6 Å². The molecule has 1 aliphatic heterocycles. The van der Waals surface area contributed by atoms with Crippen LogP contribution in [0, 0.1) is 0 Å². The topological polar surface area (TPSA) is 93.2 Å². The largest absolute Gasteiger partial charge is 0.366 e. The Morgan fingerprint density at radius 2 is 2.38 bits per heavy atom. The van der Waals surface area contributed by atoms with Crippen LogP contribution in [0.4, 0.5) is 5.82 Å². The lowest BCUT2D eigenvalue weighted by atomic mass is 10.1. The fourth-order valence-electron chi connectivity index (χ4n) is 2.89. The normalized spacial score (nSPS) is 17.9. The molecule has 1 aliphatic rings. The van der Waals surface area contributed by atoms with E-state index in [1.165, 1.54) is 11.3 Å². The Morgan fingerprint density at radius 3 is 3.12 bits per heavy atom. The molecule has 1 amide bonds. The molecule has 0 radical (unpaired) electrons. The molecule has 7 nitrogen and oxygen atoms in total. The average molecular weight is 347 g/mol. The third-order valence-electron chi connectivity index (χ3n) is 4.22. The Bertz CT molecular complexity index is 785. The standard InChI is InChI=1S/C16H21N5O2S/c1-20-6-4-18-15(16(20)23)21-5-2-3-12(9-21)19-8-13-7-11(10-24-13)14(17)22/h4,6-7,10,12,19H,2-3,5,8-9H2,1H3,(H2,17,22). The van der Waals surface area contributed by atoms with Gasteiger partial charge in [-0.3, -0.25) is 9.59 Å². The summed E-state index contributed by atoms with van der Waals surface area (Å²) in [6.45, 7) is 2.28. The fraction of sp³-hybridized carbons (Fsp3) is 0.438. The number of amides is 1. The van der Waals surface area contributed by atoms with E-state index in [0.29, 0.717) is 17.9 Å². The highest BCUT2D eigenvalue weighted by molar-refractivity contribution is 7.10. The van der Waals surface area contributed by atoms with Gasteiger partial charge in [-0.1, -0.05) is 0 Å². The molecule has 0 saturated carbocycles. The molecule has 2 aromatic heterocycles. The number of nitrogens with two attached hydrogens (primary N) is 1. The van der Waals surface area contributed by atoms with Crippen LogP contribution in [0.2, 0.25) is 0 Å². The minimum absolute atomic E-state index is 0.0671. The van der Waals surface area contributed by atoms with E-state index < -0.39 is 5.91 Å². The van der Waals surface area contributed by atoms with Crippen molar-refractivity contribution in [2.75, 3.05) is 18.0 Å². The van der Waals surface area contributed by atoms with Crippen LogP contribution >= 0.6 is 11.3 Å². The molecule has 0 bridgehead atoms. The highest BCUT2D eigenvalue weighted by Gasteiger charge is 2.22. The summed E-state index contributed by atoms with van der Waals surface area (Å²) in [5.41, 5.74) is 5.76. The van der Waals surface area contributed by atoms with E-state index in [4.69, 9.17) is 5.73 Å². The monoisotopic (exact) mass is 347 g/mol. The number of nitrogens with zero attached hydrogens (tertiary/aromatic N) is 3. The summed E-state index contributed by atoms with van der Waals surface area (Å²) in [5, 5.41) is 5.29. The second-order valence-corrected chi connectivity index (χ2v) is 6.99. The van der Waals surface area contributed by atoms with Gasteiger partial charge in [-0.2, -0.15) is 0 Å². The van der Waals surface area contributed by atoms with E-state index in [0.717, 1.165) is 30.8 Å². The number of primary amides is 1. The van der Waals surface area contributed by atoms with E-state index >= 15 is 0 Å². The first kappa shape index (κ1) is 16.7. The van der Waals surface area contributed by atoms with Crippen LogP contribution in [0.1, 0.15) is 28.1 Å². The molecule has 2 aromatic rings. The number of rotatable bonds is 5. The van der Waals surface area contributed by atoms with Gasteiger partial charge in [-0.25, -0.2) is 4.98 Å². The van der Waals surface area contributed by atoms with Crippen molar-refractivity contribution < 1.29 is 4.79 Å². The Morgan fingerprint density at radius 1 is 1.54 bits per heavy atom. The molecule has 3 heterocycles. The summed E-state index contributed by atoms with van der Waals surface area (Å²) in [6, 6.07) is 2.11. The van der Waals surface area contributed by atoms with Gasteiger partial charge < -0.3 is 20.5 Å². The number of aromatic nitrogens is 2. The number of nitrogens with one attached hydrogen (secondary N) is 1. The van der Waals surface area contributed by atoms with Crippen LogP contribution in [0.3, 0.4) is 0 Å². The SMILES string of the molecule is Cn1ccnc(N2CCCC(NCc3cc(C(N)=O)cs3)C2)c1=O. The van der Waals surface area contributed by atoms with Crippen molar-refractivity contribution in [1.82, 2.24) is 14.9 Å². The maximum Gasteiger partial charge on any atom is 0.293 e. The highest BCUT2D eigenvalue weighted by Crippen LogP contribution is 2.17. The molecule has 0 aliphatic carbocycles. The Labute approximate surface area is 144 Å². The van der Waals surface area contributed by atoms with Gasteiger partial charge in [0.1, 0.15) is 0 Å². The summed E-state index contributed by atoms with van der Waals surface area (Å²) in [5.74, 6) is 0.117. The van der Waals surface area contributed by atoms with Gasteiger partial charge >= 0.3 is 0 Å². The summed E-state index contributed by atoms with van der Waals surface area (Å²) >= 11 is 1.53. The second kappa shape index (κ2) is 7.14. The van der Waals surface area contributed by atoms with E-state index in [-0.39, 0.29) is 11.6 Å². The number of hydrogen-bond acceptors (Lipinski definition) is 6. The number of hydrogen-bond donors (Lipinski definition) is 2. The molecule has 24 heavy (non-hydrogen) atoms. The van der Waals surface area contributed by atoms with Crippen LogP contribution < -0.4 is 21.5 Å². The minimum atomic E-state index is -0.396. The molecule has 0 spiro atoms. The number of aryl methyl sites for hydroxylation is 1. The number of thiophene rings is 1. The summed E-state index contributed by atoms with van der Waals surface area (Å²) in [4.78, 5) is 30.7. The number of anilines is 1. The summed E-state index contributed by atoms with van der Waals surface area (Å²) < 4.78 is 1.55. The van der Waals surface area contributed by atoms with E-state index in [2.05, 4.69) is 10.3 Å². The lowest BCUT2D eigenvalue weighted by Gasteiger charge is -2.33. The zero-order valence-corrected chi connectivity index (χ0v) is 14.4. The Balaban J connectivity index is 1.62. The quantitative estimate of drug-likeness (QED) is 0.830. The van der Waals surface area contributed by atoms with Gasteiger partial charge in [0.2, 0.25) is 5.91 Å². The van der Waals surface area contributed by atoms with Gasteiger partial charge in [-0.05, 0) is 18.9 Å². The van der Waals surface area contributed by atoms with Crippen molar-refractivity contribution in [3.63, 3.8) is 0 Å². The lowest BCUT2D eigenvalue weighted by molar-refractivity contribution is 0.100. The van der Waals surface area contributed by atoms with Crippen molar-refractivity contribution >= 4 is 23.1 Å². The number of carbonyl (C=O) groups is 1. The minimum Gasteiger partial charge on any atom is -0.366 e. The van der Waals surface area contributed by atoms with Crippen molar-refractivity contribution in [1.29, 1.82) is 0 Å². The smallest absolute Gasteiger partial charge is 0.293 e. The number of carbonyl (C=O) groups excluding carboxylic acids is 1. The van der Waals surface area contributed by atoms with E-state index in [1.807, 2.05) is 11.0 Å². The Hall–Kier alpha value is -2.19. The maximum atomic E-state index is 12.2. The zero-order chi connectivity index (χ0) is 17.1. The van der Waals surface area contributed by atoms with Gasteiger partial charge in [0.15, 0.2) is 5.82 Å². The molecular weight excluding hydrogens is 326 g/mol. The van der Waals surface area contributed by atoms with Crippen molar-refractivity contribution in [2.45, 2.75) is 25.4 Å². The molecule has 1 fully saturated rings. The fourth-order valence-corrected chi connectivity index (χ4v) is 3.71. The van der Waals surface area contributed by atoms with E-state index in [1.54, 1.807) is 29.4 Å². The van der Waals surface area contributed by atoms with Gasteiger partial charge in [0, 0.05) is 55.4 Å². The zero-order valence-electron chi connectivity index (χ0n) is 13.6. The van der Waals surface area contributed by atoms with Crippen molar-refractivity contribution in [3.8, 4) is 0 Å². The third-order valence-corrected chi connectivity index (χ3v) is 5.16. The van der Waals surface area contributed by atoms with Crippen molar-refractivity contribution in [3.05, 3.63) is 44.6 Å². The van der Waals surface area contributed by atoms with Gasteiger partial charge in [0.25, 0.3) is 5.56 Å². The molecule has 0 aromatic carbocycles. The molecule has 128 valence electrons. The Kier molecular flexibility index (Phi) is 4.96. The third kappa shape index (κ3) is 3.65. The molecule has 3 rings (SSSR count). The first-order valence-electron chi connectivity index (χ1n) is 7.92. The van der Waals surface area contributed by atoms with Gasteiger partial charge in [0.05, 0.1) is 5.56 Å². The molecule has 1 atom stereocenters. The molecule has 3 N–H and O–H groups in total.